The molecule has 0 atom stereocenters. The lowest BCUT2D eigenvalue weighted by Crippen LogP contribution is -2.24. The van der Waals surface area contributed by atoms with Gasteiger partial charge in [-0.25, -0.2) is 0 Å². The van der Waals surface area contributed by atoms with Gasteiger partial charge in [0.1, 0.15) is 0 Å². The van der Waals surface area contributed by atoms with E-state index in [1.165, 1.54) is 6.08 Å². The Morgan fingerprint density at radius 3 is 2.57 bits per heavy atom. The highest BCUT2D eigenvalue weighted by molar-refractivity contribution is 6.48. The predicted molar refractivity (Wildman–Crippen MR) is 54.5 cm³/mol. The summed E-state index contributed by atoms with van der Waals surface area (Å²) in [4.78, 5) is 22.1. The molecule has 0 aromatic heterocycles. The highest BCUT2D eigenvalue weighted by Gasteiger charge is 2.20. The highest BCUT2D eigenvalue weighted by atomic mass is 16.2. The van der Waals surface area contributed by atoms with Crippen molar-refractivity contribution in [3.8, 4) is 0 Å². The standard InChI is InChI=1S/C11H15NO2/c1-2-3-4-5-8-6-7-9(13)11(14)10(8)12/h6-7H,2-5,12H2,1H3. The Labute approximate surface area is 83.7 Å². The largest absolute Gasteiger partial charge is 0.395 e. The maximum atomic E-state index is 11.2. The predicted octanol–water partition coefficient (Wildman–Crippen LogP) is 1.49. The van der Waals surface area contributed by atoms with Gasteiger partial charge in [0.05, 0.1) is 5.70 Å². The first-order valence-corrected chi connectivity index (χ1v) is 4.92. The summed E-state index contributed by atoms with van der Waals surface area (Å²) in [5, 5.41) is 0. The number of Topliss-reactive ketones (excluding diaryl/α,β-unsaturated/α-hetero) is 1. The maximum Gasteiger partial charge on any atom is 0.248 e. The molecule has 0 fully saturated rings. The van der Waals surface area contributed by atoms with Crippen LogP contribution in [0.2, 0.25) is 0 Å². The number of carbonyl (C=O) groups excluding carboxylic acids is 2. The van der Waals surface area contributed by atoms with E-state index in [1.807, 2.05) is 0 Å². The summed E-state index contributed by atoms with van der Waals surface area (Å²) in [6, 6.07) is 0. The second kappa shape index (κ2) is 4.74. The van der Waals surface area contributed by atoms with Gasteiger partial charge in [0, 0.05) is 0 Å². The van der Waals surface area contributed by atoms with Crippen molar-refractivity contribution >= 4 is 11.6 Å². The zero-order valence-corrected chi connectivity index (χ0v) is 8.38. The number of unbranched alkanes of at least 4 members (excludes halogenated alkanes) is 2. The summed E-state index contributed by atoms with van der Waals surface area (Å²) in [5.41, 5.74) is 6.49. The summed E-state index contributed by atoms with van der Waals surface area (Å²) in [5.74, 6) is -1.07. The van der Waals surface area contributed by atoms with Gasteiger partial charge in [-0.05, 0) is 24.5 Å². The summed E-state index contributed by atoms with van der Waals surface area (Å²) >= 11 is 0. The third-order valence-electron chi connectivity index (χ3n) is 2.30. The maximum absolute atomic E-state index is 11.2. The molecule has 0 saturated carbocycles. The van der Waals surface area contributed by atoms with E-state index in [4.69, 9.17) is 5.73 Å². The van der Waals surface area contributed by atoms with E-state index in [1.54, 1.807) is 6.08 Å². The number of rotatable bonds is 4. The first-order chi connectivity index (χ1) is 6.66. The lowest BCUT2D eigenvalue weighted by Gasteiger charge is -2.09. The molecular weight excluding hydrogens is 178 g/mol. The minimum absolute atomic E-state index is 0.133. The van der Waals surface area contributed by atoms with Gasteiger partial charge >= 0.3 is 0 Å². The van der Waals surface area contributed by atoms with Crippen molar-refractivity contribution < 1.29 is 9.59 Å². The van der Waals surface area contributed by atoms with E-state index in [-0.39, 0.29) is 5.70 Å². The van der Waals surface area contributed by atoms with Crippen molar-refractivity contribution in [2.75, 3.05) is 0 Å². The smallest absolute Gasteiger partial charge is 0.248 e. The molecule has 0 radical (unpaired) electrons. The van der Waals surface area contributed by atoms with Crippen LogP contribution < -0.4 is 5.73 Å². The number of hydrogen-bond acceptors (Lipinski definition) is 3. The van der Waals surface area contributed by atoms with Gasteiger partial charge in [0.2, 0.25) is 11.6 Å². The minimum atomic E-state index is -0.556. The van der Waals surface area contributed by atoms with Gasteiger partial charge in [-0.15, -0.1) is 0 Å². The molecule has 3 heteroatoms. The zero-order valence-electron chi connectivity index (χ0n) is 8.38. The van der Waals surface area contributed by atoms with E-state index in [2.05, 4.69) is 6.92 Å². The van der Waals surface area contributed by atoms with Crippen LogP contribution in [0.5, 0.6) is 0 Å². The van der Waals surface area contributed by atoms with Gasteiger partial charge in [-0.1, -0.05) is 25.8 Å². The van der Waals surface area contributed by atoms with Crippen molar-refractivity contribution in [3.63, 3.8) is 0 Å². The summed E-state index contributed by atoms with van der Waals surface area (Å²) < 4.78 is 0. The lowest BCUT2D eigenvalue weighted by atomic mass is 9.97. The topological polar surface area (TPSA) is 60.2 Å². The Bertz CT molecular complexity index is 313. The monoisotopic (exact) mass is 193 g/mol. The fraction of sp³-hybridized carbons (Fsp3) is 0.455. The summed E-state index contributed by atoms with van der Waals surface area (Å²) in [6.45, 7) is 2.11. The van der Waals surface area contributed by atoms with E-state index >= 15 is 0 Å². The van der Waals surface area contributed by atoms with Gasteiger partial charge < -0.3 is 5.73 Å². The van der Waals surface area contributed by atoms with Crippen LogP contribution in [0.1, 0.15) is 32.6 Å². The number of nitrogens with two attached hydrogens (primary N) is 1. The summed E-state index contributed by atoms with van der Waals surface area (Å²) in [7, 11) is 0. The van der Waals surface area contributed by atoms with E-state index in [0.717, 1.165) is 31.3 Å². The lowest BCUT2D eigenvalue weighted by molar-refractivity contribution is -0.131. The number of carbonyl (C=O) groups is 2. The Morgan fingerprint density at radius 2 is 1.93 bits per heavy atom. The Hall–Kier alpha value is -1.38. The van der Waals surface area contributed by atoms with E-state index in [0.29, 0.717) is 0 Å². The fourth-order valence-corrected chi connectivity index (χ4v) is 1.40. The molecule has 0 aliphatic heterocycles. The second-order valence-corrected chi connectivity index (χ2v) is 3.42. The third-order valence-corrected chi connectivity index (χ3v) is 2.30. The minimum Gasteiger partial charge on any atom is -0.395 e. The van der Waals surface area contributed by atoms with Crippen molar-refractivity contribution in [1.82, 2.24) is 0 Å². The van der Waals surface area contributed by atoms with Crippen LogP contribution in [-0.2, 0) is 9.59 Å². The number of ketones is 2. The average Bonchev–Trinajstić information content (AvgIpc) is 2.18. The molecule has 3 nitrogen and oxygen atoms in total. The normalized spacial score (nSPS) is 16.6. The summed E-state index contributed by atoms with van der Waals surface area (Å²) in [6.07, 6.45) is 7.01. The molecule has 2 N–H and O–H groups in total. The molecule has 14 heavy (non-hydrogen) atoms. The van der Waals surface area contributed by atoms with Crippen LogP contribution in [0.4, 0.5) is 0 Å². The highest BCUT2D eigenvalue weighted by Crippen LogP contribution is 2.16. The van der Waals surface area contributed by atoms with Crippen molar-refractivity contribution in [3.05, 3.63) is 23.4 Å². The molecule has 1 aliphatic carbocycles. The molecule has 0 aromatic carbocycles. The van der Waals surface area contributed by atoms with Crippen LogP contribution in [-0.4, -0.2) is 11.6 Å². The Morgan fingerprint density at radius 1 is 1.21 bits per heavy atom. The second-order valence-electron chi connectivity index (χ2n) is 3.42. The number of allylic oxidation sites excluding steroid dienone is 4. The molecule has 0 spiro atoms. The molecule has 0 aromatic rings. The SMILES string of the molecule is CCCCCC1=C(N)C(=O)C(=O)C=C1. The van der Waals surface area contributed by atoms with E-state index in [9.17, 15) is 9.59 Å². The number of hydrogen-bond donors (Lipinski definition) is 1. The first-order valence-electron chi connectivity index (χ1n) is 4.92. The van der Waals surface area contributed by atoms with Crippen molar-refractivity contribution in [1.29, 1.82) is 0 Å². The van der Waals surface area contributed by atoms with Crippen molar-refractivity contribution in [2.24, 2.45) is 5.73 Å². The van der Waals surface area contributed by atoms with Crippen LogP contribution in [0.3, 0.4) is 0 Å². The zero-order chi connectivity index (χ0) is 10.6. The van der Waals surface area contributed by atoms with Crippen LogP contribution in [0, 0.1) is 0 Å². The third kappa shape index (κ3) is 2.31. The van der Waals surface area contributed by atoms with Crippen LogP contribution in [0.25, 0.3) is 0 Å². The molecule has 1 aliphatic rings. The van der Waals surface area contributed by atoms with Gasteiger partial charge in [0.15, 0.2) is 0 Å². The molecule has 0 amide bonds. The Balaban J connectivity index is 2.64. The van der Waals surface area contributed by atoms with Crippen LogP contribution in [0.15, 0.2) is 23.4 Å². The molecule has 76 valence electrons. The molecule has 1 rings (SSSR count). The van der Waals surface area contributed by atoms with Crippen molar-refractivity contribution in [2.45, 2.75) is 32.6 Å². The Kier molecular flexibility index (Phi) is 3.63. The van der Waals surface area contributed by atoms with Gasteiger partial charge in [-0.2, -0.15) is 0 Å². The molecule has 0 bridgehead atoms. The van der Waals surface area contributed by atoms with Gasteiger partial charge in [-0.3, -0.25) is 9.59 Å². The fourth-order valence-electron chi connectivity index (χ4n) is 1.40. The van der Waals surface area contributed by atoms with Gasteiger partial charge in [0.25, 0.3) is 0 Å². The quantitative estimate of drug-likeness (QED) is 0.418. The molecular formula is C11H15NO2. The average molecular weight is 193 g/mol. The van der Waals surface area contributed by atoms with E-state index < -0.39 is 11.6 Å². The molecule has 0 unspecified atom stereocenters. The molecule has 0 saturated heterocycles. The first kappa shape index (κ1) is 10.7. The molecule has 0 heterocycles. The van der Waals surface area contributed by atoms with Crippen LogP contribution >= 0.6 is 0 Å².